The van der Waals surface area contributed by atoms with E-state index in [1.807, 2.05) is 41.3 Å². The van der Waals surface area contributed by atoms with Crippen LogP contribution in [0.15, 0.2) is 42.5 Å². The number of hydrogen-bond donors (Lipinski definition) is 1. The van der Waals surface area contributed by atoms with Crippen LogP contribution in [0.25, 0.3) is 0 Å². The van der Waals surface area contributed by atoms with Gasteiger partial charge in [-0.25, -0.2) is 0 Å². The zero-order valence-electron chi connectivity index (χ0n) is 11.6. The maximum atomic E-state index is 12.9. The van der Waals surface area contributed by atoms with Crippen molar-refractivity contribution in [1.82, 2.24) is 0 Å². The molecule has 2 aliphatic heterocycles. The van der Waals surface area contributed by atoms with E-state index in [9.17, 15) is 4.79 Å². The number of hydrogen-bond acceptors (Lipinski definition) is 3. The lowest BCUT2D eigenvalue weighted by atomic mass is 10.1. The number of carbonyl (C=O) groups is 1. The van der Waals surface area contributed by atoms with Crippen LogP contribution in [-0.4, -0.2) is 25.6 Å². The Kier molecular flexibility index (Phi) is 2.81. The van der Waals surface area contributed by atoms with Crippen LogP contribution in [0.3, 0.4) is 0 Å². The Hall–Kier alpha value is -2.49. The fourth-order valence-electron chi connectivity index (χ4n) is 3.03. The van der Waals surface area contributed by atoms with Gasteiger partial charge in [-0.15, -0.1) is 0 Å². The Bertz CT molecular complexity index is 712. The predicted molar refractivity (Wildman–Crippen MR) is 82.2 cm³/mol. The molecule has 2 heterocycles. The average molecular weight is 280 g/mol. The van der Waals surface area contributed by atoms with Gasteiger partial charge in [0.1, 0.15) is 6.61 Å². The van der Waals surface area contributed by atoms with E-state index in [1.54, 1.807) is 0 Å². The number of ether oxygens (including phenoxy) is 1. The van der Waals surface area contributed by atoms with Gasteiger partial charge in [0, 0.05) is 18.8 Å². The molecule has 0 unspecified atom stereocenters. The van der Waals surface area contributed by atoms with E-state index in [0.29, 0.717) is 17.9 Å². The molecule has 0 radical (unpaired) electrons. The molecule has 4 nitrogen and oxygen atoms in total. The van der Waals surface area contributed by atoms with Crippen molar-refractivity contribution < 1.29 is 9.53 Å². The van der Waals surface area contributed by atoms with E-state index in [2.05, 4.69) is 11.4 Å². The summed E-state index contributed by atoms with van der Waals surface area (Å²) in [4.78, 5) is 14.7. The van der Waals surface area contributed by atoms with Gasteiger partial charge in [0.05, 0.1) is 11.3 Å². The number of fused-ring (bicyclic) bond motifs is 2. The van der Waals surface area contributed by atoms with Gasteiger partial charge in [0.15, 0.2) is 5.75 Å². The topological polar surface area (TPSA) is 41.6 Å². The molecule has 4 heteroatoms. The minimum Gasteiger partial charge on any atom is -0.489 e. The Morgan fingerprint density at radius 2 is 2.05 bits per heavy atom. The molecule has 106 valence electrons. The smallest absolute Gasteiger partial charge is 0.262 e. The molecule has 0 spiro atoms. The molecular formula is C17H16N2O2. The Balaban J connectivity index is 1.74. The zero-order valence-corrected chi connectivity index (χ0v) is 11.6. The lowest BCUT2D eigenvalue weighted by molar-refractivity contribution is 0.0985. The molecule has 2 aromatic carbocycles. The summed E-state index contributed by atoms with van der Waals surface area (Å²) < 4.78 is 5.71. The van der Waals surface area contributed by atoms with Crippen molar-refractivity contribution in [2.45, 2.75) is 6.42 Å². The molecule has 2 aromatic rings. The normalized spacial score (nSPS) is 15.7. The quantitative estimate of drug-likeness (QED) is 0.873. The highest BCUT2D eigenvalue weighted by Gasteiger charge is 2.28. The van der Waals surface area contributed by atoms with Crippen molar-refractivity contribution in [3.05, 3.63) is 53.6 Å². The van der Waals surface area contributed by atoms with Crippen LogP contribution in [0, 0.1) is 0 Å². The summed E-state index contributed by atoms with van der Waals surface area (Å²) >= 11 is 0. The fraction of sp³-hybridized carbons (Fsp3) is 0.235. The van der Waals surface area contributed by atoms with Crippen LogP contribution in [0.4, 0.5) is 11.4 Å². The highest BCUT2D eigenvalue weighted by Crippen LogP contribution is 2.35. The van der Waals surface area contributed by atoms with Gasteiger partial charge in [-0.1, -0.05) is 24.3 Å². The van der Waals surface area contributed by atoms with Crippen molar-refractivity contribution in [2.24, 2.45) is 0 Å². The molecule has 1 amide bonds. The number of nitrogens with zero attached hydrogens (tertiary/aromatic N) is 1. The average Bonchev–Trinajstić information content (AvgIpc) is 2.98. The second-order valence-electron chi connectivity index (χ2n) is 5.29. The third-order valence-corrected chi connectivity index (χ3v) is 4.04. The molecule has 0 saturated carbocycles. The van der Waals surface area contributed by atoms with Gasteiger partial charge < -0.3 is 15.0 Å². The maximum absolute atomic E-state index is 12.9. The van der Waals surface area contributed by atoms with Gasteiger partial charge in [-0.05, 0) is 30.2 Å². The highest BCUT2D eigenvalue weighted by molar-refractivity contribution is 6.10. The van der Waals surface area contributed by atoms with Gasteiger partial charge >= 0.3 is 0 Å². The second kappa shape index (κ2) is 4.81. The third-order valence-electron chi connectivity index (χ3n) is 4.04. The Morgan fingerprint density at radius 1 is 1.14 bits per heavy atom. The Morgan fingerprint density at radius 3 is 3.00 bits per heavy atom. The number of anilines is 2. The van der Waals surface area contributed by atoms with E-state index < -0.39 is 0 Å². The first-order valence-electron chi connectivity index (χ1n) is 7.24. The van der Waals surface area contributed by atoms with Gasteiger partial charge in [0.25, 0.3) is 5.91 Å². The number of carbonyl (C=O) groups excluding carboxylic acids is 1. The molecule has 4 rings (SSSR count). The number of rotatable bonds is 1. The molecule has 21 heavy (non-hydrogen) atoms. The number of para-hydroxylation sites is 2. The summed E-state index contributed by atoms with van der Waals surface area (Å²) in [6.07, 6.45) is 0.913. The summed E-state index contributed by atoms with van der Waals surface area (Å²) in [5, 5.41) is 3.27. The number of benzene rings is 2. The first-order valence-corrected chi connectivity index (χ1v) is 7.24. The molecule has 0 bridgehead atoms. The van der Waals surface area contributed by atoms with E-state index in [0.717, 1.165) is 30.9 Å². The minimum absolute atomic E-state index is 0.0144. The number of amides is 1. The lowest BCUT2D eigenvalue weighted by Gasteiger charge is -2.24. The van der Waals surface area contributed by atoms with Gasteiger partial charge in [-0.2, -0.15) is 0 Å². The summed E-state index contributed by atoms with van der Waals surface area (Å²) in [5.41, 5.74) is 3.79. The predicted octanol–water partition coefficient (Wildman–Crippen LogP) is 2.69. The van der Waals surface area contributed by atoms with Crippen LogP contribution in [0.2, 0.25) is 0 Å². The molecule has 0 atom stereocenters. The molecule has 2 aliphatic rings. The van der Waals surface area contributed by atoms with Crippen LogP contribution in [0.1, 0.15) is 15.9 Å². The van der Waals surface area contributed by atoms with Crippen LogP contribution >= 0.6 is 0 Å². The van der Waals surface area contributed by atoms with Crippen LogP contribution in [0.5, 0.6) is 5.75 Å². The number of nitrogens with one attached hydrogen (secondary N) is 1. The zero-order chi connectivity index (χ0) is 14.2. The van der Waals surface area contributed by atoms with E-state index in [4.69, 9.17) is 4.74 Å². The lowest BCUT2D eigenvalue weighted by Crippen LogP contribution is -2.30. The van der Waals surface area contributed by atoms with Gasteiger partial charge in [0.2, 0.25) is 0 Å². The maximum Gasteiger partial charge on any atom is 0.262 e. The second-order valence-corrected chi connectivity index (χ2v) is 5.29. The van der Waals surface area contributed by atoms with E-state index in [-0.39, 0.29) is 5.91 Å². The molecular weight excluding hydrogens is 264 g/mol. The molecule has 0 aliphatic carbocycles. The van der Waals surface area contributed by atoms with Crippen molar-refractivity contribution in [3.8, 4) is 5.75 Å². The van der Waals surface area contributed by atoms with Crippen molar-refractivity contribution in [2.75, 3.05) is 29.9 Å². The standard InChI is InChI=1S/C17H16N2O2/c20-17(19-10-8-12-4-1-2-7-15(12)19)13-5-3-6-14-16(13)21-11-9-18-14/h1-7,18H,8-11H2. The van der Waals surface area contributed by atoms with Crippen molar-refractivity contribution in [1.29, 1.82) is 0 Å². The summed E-state index contributed by atoms with van der Waals surface area (Å²) in [6, 6.07) is 13.8. The van der Waals surface area contributed by atoms with Crippen LogP contribution < -0.4 is 15.0 Å². The highest BCUT2D eigenvalue weighted by atomic mass is 16.5. The molecule has 0 saturated heterocycles. The molecule has 0 aromatic heterocycles. The summed E-state index contributed by atoms with van der Waals surface area (Å²) in [6.45, 7) is 2.10. The van der Waals surface area contributed by atoms with Gasteiger partial charge in [-0.3, -0.25) is 4.79 Å². The largest absolute Gasteiger partial charge is 0.489 e. The van der Waals surface area contributed by atoms with E-state index >= 15 is 0 Å². The summed E-state index contributed by atoms with van der Waals surface area (Å²) in [7, 11) is 0. The first kappa shape index (κ1) is 12.3. The Labute approximate surface area is 123 Å². The SMILES string of the molecule is O=C(c1cccc2c1OCCN2)N1CCc2ccccc21. The van der Waals surface area contributed by atoms with Crippen molar-refractivity contribution in [3.63, 3.8) is 0 Å². The molecule has 0 fully saturated rings. The monoisotopic (exact) mass is 280 g/mol. The van der Waals surface area contributed by atoms with E-state index in [1.165, 1.54) is 5.56 Å². The van der Waals surface area contributed by atoms with Crippen LogP contribution in [-0.2, 0) is 6.42 Å². The fourth-order valence-corrected chi connectivity index (χ4v) is 3.03. The first-order chi connectivity index (χ1) is 10.3. The van der Waals surface area contributed by atoms with Crippen molar-refractivity contribution >= 4 is 17.3 Å². The molecule has 1 N–H and O–H groups in total. The minimum atomic E-state index is 0.0144. The summed E-state index contributed by atoms with van der Waals surface area (Å²) in [5.74, 6) is 0.693. The third kappa shape index (κ3) is 1.95.